The van der Waals surface area contributed by atoms with Crippen molar-refractivity contribution in [3.8, 4) is 0 Å². The van der Waals surface area contributed by atoms with Crippen LogP contribution in [-0.2, 0) is 16.6 Å². The van der Waals surface area contributed by atoms with Gasteiger partial charge in [0.05, 0.1) is 0 Å². The molecule has 1 N–H and O–H groups in total. The van der Waals surface area contributed by atoms with E-state index in [2.05, 4.69) is 20.7 Å². The fourth-order valence-electron chi connectivity index (χ4n) is 1.40. The quantitative estimate of drug-likeness (QED) is 0.899. The number of halogens is 1. The first-order valence-electron chi connectivity index (χ1n) is 5.26. The maximum absolute atomic E-state index is 11.6. The van der Waals surface area contributed by atoms with Gasteiger partial charge in [-0.1, -0.05) is 34.1 Å². The smallest absolute Gasteiger partial charge is 0.199 e. The van der Waals surface area contributed by atoms with Gasteiger partial charge in [0.1, 0.15) is 0 Å². The molecule has 0 aliphatic heterocycles. The standard InChI is InChI=1S/C11H17BrN2O2S/c1-9(13-17(15,16)14(2)3)8-10-6-4-5-7-11(10)12/h4-7,9,13H,8H2,1-3H3. The number of rotatable bonds is 5. The van der Waals surface area contributed by atoms with Gasteiger partial charge >= 0.3 is 0 Å². The van der Waals surface area contributed by atoms with Crippen molar-refractivity contribution in [2.24, 2.45) is 0 Å². The van der Waals surface area contributed by atoms with E-state index in [1.54, 1.807) is 0 Å². The molecule has 0 saturated heterocycles. The summed E-state index contributed by atoms with van der Waals surface area (Å²) >= 11 is 3.45. The zero-order chi connectivity index (χ0) is 13.1. The lowest BCUT2D eigenvalue weighted by atomic mass is 10.1. The molecule has 0 radical (unpaired) electrons. The summed E-state index contributed by atoms with van der Waals surface area (Å²) in [6.07, 6.45) is 0.647. The monoisotopic (exact) mass is 320 g/mol. The van der Waals surface area contributed by atoms with Gasteiger partial charge in [-0.2, -0.15) is 17.4 Å². The summed E-state index contributed by atoms with van der Waals surface area (Å²) in [7, 11) is -0.348. The van der Waals surface area contributed by atoms with Crippen molar-refractivity contribution in [3.05, 3.63) is 34.3 Å². The lowest BCUT2D eigenvalue weighted by Crippen LogP contribution is -2.41. The molecule has 0 amide bonds. The maximum atomic E-state index is 11.6. The highest BCUT2D eigenvalue weighted by Gasteiger charge is 2.17. The Morgan fingerprint density at radius 3 is 2.47 bits per heavy atom. The summed E-state index contributed by atoms with van der Waals surface area (Å²) in [5.74, 6) is 0. The number of hydrogen-bond donors (Lipinski definition) is 1. The Labute approximate surface area is 111 Å². The average Bonchev–Trinajstić information content (AvgIpc) is 2.20. The predicted molar refractivity (Wildman–Crippen MR) is 73.1 cm³/mol. The minimum absolute atomic E-state index is 0.152. The molecule has 1 atom stereocenters. The molecule has 0 heterocycles. The number of hydrogen-bond acceptors (Lipinski definition) is 2. The fraction of sp³-hybridized carbons (Fsp3) is 0.455. The van der Waals surface area contributed by atoms with Crippen LogP contribution in [0.3, 0.4) is 0 Å². The van der Waals surface area contributed by atoms with Crippen LogP contribution in [0.5, 0.6) is 0 Å². The highest BCUT2D eigenvalue weighted by molar-refractivity contribution is 9.10. The third kappa shape index (κ3) is 4.39. The van der Waals surface area contributed by atoms with Crippen molar-refractivity contribution in [1.29, 1.82) is 0 Å². The molecule has 0 aliphatic rings. The van der Waals surface area contributed by atoms with Crippen LogP contribution in [0.4, 0.5) is 0 Å². The van der Waals surface area contributed by atoms with Gasteiger partial charge in [-0.05, 0) is 25.0 Å². The first-order chi connectivity index (χ1) is 7.83. The molecule has 96 valence electrons. The molecule has 1 aromatic carbocycles. The summed E-state index contributed by atoms with van der Waals surface area (Å²) < 4.78 is 28.0. The third-order valence-corrected chi connectivity index (χ3v) is 4.75. The van der Waals surface area contributed by atoms with E-state index in [1.165, 1.54) is 18.4 Å². The molecule has 6 heteroatoms. The lowest BCUT2D eigenvalue weighted by Gasteiger charge is -2.18. The van der Waals surface area contributed by atoms with Gasteiger partial charge in [-0.3, -0.25) is 0 Å². The fourth-order valence-corrected chi connectivity index (χ4v) is 2.64. The third-order valence-electron chi connectivity index (χ3n) is 2.31. The zero-order valence-corrected chi connectivity index (χ0v) is 12.5. The second-order valence-corrected chi connectivity index (χ2v) is 6.87. The normalized spacial score (nSPS) is 13.9. The summed E-state index contributed by atoms with van der Waals surface area (Å²) in [6, 6.07) is 7.64. The molecule has 17 heavy (non-hydrogen) atoms. The molecule has 1 unspecified atom stereocenters. The summed E-state index contributed by atoms with van der Waals surface area (Å²) in [5, 5.41) is 0. The Bertz CT molecular complexity index is 474. The zero-order valence-electron chi connectivity index (χ0n) is 10.1. The van der Waals surface area contributed by atoms with Crippen molar-refractivity contribution >= 4 is 26.1 Å². The van der Waals surface area contributed by atoms with E-state index >= 15 is 0 Å². The average molecular weight is 321 g/mol. The van der Waals surface area contributed by atoms with E-state index < -0.39 is 10.2 Å². The van der Waals surface area contributed by atoms with Crippen LogP contribution in [0.25, 0.3) is 0 Å². The van der Waals surface area contributed by atoms with Gasteiger partial charge in [0.15, 0.2) is 0 Å². The van der Waals surface area contributed by atoms with Crippen LogP contribution in [0.2, 0.25) is 0 Å². The summed E-state index contributed by atoms with van der Waals surface area (Å²) in [6.45, 7) is 1.85. The van der Waals surface area contributed by atoms with E-state index in [-0.39, 0.29) is 6.04 Å². The van der Waals surface area contributed by atoms with Crippen molar-refractivity contribution < 1.29 is 8.42 Å². The second-order valence-electron chi connectivity index (χ2n) is 4.10. The topological polar surface area (TPSA) is 49.4 Å². The number of benzene rings is 1. The van der Waals surface area contributed by atoms with Crippen molar-refractivity contribution in [2.45, 2.75) is 19.4 Å². The Morgan fingerprint density at radius 2 is 1.94 bits per heavy atom. The molecule has 0 fully saturated rings. The Hall–Kier alpha value is -0.430. The lowest BCUT2D eigenvalue weighted by molar-refractivity contribution is 0.491. The molecular formula is C11H17BrN2O2S. The van der Waals surface area contributed by atoms with Gasteiger partial charge in [0.2, 0.25) is 0 Å². The van der Waals surface area contributed by atoms with Crippen LogP contribution in [0.1, 0.15) is 12.5 Å². The predicted octanol–water partition coefficient (Wildman–Crippen LogP) is 1.78. The number of nitrogens with one attached hydrogen (secondary N) is 1. The SMILES string of the molecule is CC(Cc1ccccc1Br)NS(=O)(=O)N(C)C. The molecule has 0 aromatic heterocycles. The van der Waals surface area contributed by atoms with Gasteiger partial charge in [-0.15, -0.1) is 0 Å². The van der Waals surface area contributed by atoms with E-state index in [9.17, 15) is 8.42 Å². The van der Waals surface area contributed by atoms with E-state index in [0.717, 1.165) is 10.0 Å². The van der Waals surface area contributed by atoms with Crippen LogP contribution < -0.4 is 4.72 Å². The highest BCUT2D eigenvalue weighted by Crippen LogP contribution is 2.17. The van der Waals surface area contributed by atoms with E-state index in [0.29, 0.717) is 6.42 Å². The molecule has 0 saturated carbocycles. The largest absolute Gasteiger partial charge is 0.279 e. The number of nitrogens with zero attached hydrogens (tertiary/aromatic N) is 1. The van der Waals surface area contributed by atoms with E-state index in [1.807, 2.05) is 31.2 Å². The highest BCUT2D eigenvalue weighted by atomic mass is 79.9. The van der Waals surface area contributed by atoms with Gasteiger partial charge < -0.3 is 0 Å². The Morgan fingerprint density at radius 1 is 1.35 bits per heavy atom. The maximum Gasteiger partial charge on any atom is 0.279 e. The second kappa shape index (κ2) is 5.95. The van der Waals surface area contributed by atoms with Crippen molar-refractivity contribution in [2.75, 3.05) is 14.1 Å². The van der Waals surface area contributed by atoms with Crippen LogP contribution in [-0.4, -0.2) is 32.9 Å². The molecule has 1 aromatic rings. The minimum atomic E-state index is -3.36. The molecule has 0 spiro atoms. The Kier molecular flexibility index (Phi) is 5.12. The molecular weight excluding hydrogens is 304 g/mol. The first kappa shape index (κ1) is 14.6. The summed E-state index contributed by atoms with van der Waals surface area (Å²) in [5.41, 5.74) is 1.08. The van der Waals surface area contributed by atoms with Crippen molar-refractivity contribution in [1.82, 2.24) is 9.03 Å². The molecule has 0 bridgehead atoms. The van der Waals surface area contributed by atoms with Gasteiger partial charge in [0.25, 0.3) is 10.2 Å². The summed E-state index contributed by atoms with van der Waals surface area (Å²) in [4.78, 5) is 0. The molecule has 4 nitrogen and oxygen atoms in total. The first-order valence-corrected chi connectivity index (χ1v) is 7.49. The van der Waals surface area contributed by atoms with E-state index in [4.69, 9.17) is 0 Å². The van der Waals surface area contributed by atoms with Crippen molar-refractivity contribution in [3.63, 3.8) is 0 Å². The van der Waals surface area contributed by atoms with Gasteiger partial charge in [0, 0.05) is 24.6 Å². The van der Waals surface area contributed by atoms with Crippen LogP contribution in [0, 0.1) is 0 Å². The molecule has 0 aliphatic carbocycles. The van der Waals surface area contributed by atoms with Crippen LogP contribution >= 0.6 is 15.9 Å². The van der Waals surface area contributed by atoms with Crippen LogP contribution in [0.15, 0.2) is 28.7 Å². The molecule has 1 rings (SSSR count). The van der Waals surface area contributed by atoms with Gasteiger partial charge in [-0.25, -0.2) is 0 Å². The Balaban J connectivity index is 2.69. The minimum Gasteiger partial charge on any atom is -0.199 e.